The van der Waals surface area contributed by atoms with Gasteiger partial charge in [-0.15, -0.1) is 5.10 Å². The molecule has 1 aromatic carbocycles. The van der Waals surface area contributed by atoms with Gasteiger partial charge in [0.2, 0.25) is 5.91 Å². The van der Waals surface area contributed by atoms with E-state index < -0.39 is 6.10 Å². The Bertz CT molecular complexity index is 1180. The molecule has 3 aromatic heterocycles. The van der Waals surface area contributed by atoms with Crippen LogP contribution in [0.25, 0.3) is 5.69 Å². The average molecular weight is 488 g/mol. The molecular formula is C26H29N7O3. The summed E-state index contributed by atoms with van der Waals surface area (Å²) < 4.78 is 1.70. The number of rotatable bonds is 12. The van der Waals surface area contributed by atoms with E-state index in [2.05, 4.69) is 30.5 Å². The van der Waals surface area contributed by atoms with Gasteiger partial charge in [0, 0.05) is 38.6 Å². The molecule has 0 bridgehead atoms. The van der Waals surface area contributed by atoms with Gasteiger partial charge >= 0.3 is 0 Å². The van der Waals surface area contributed by atoms with E-state index in [0.29, 0.717) is 19.6 Å². The molecule has 1 amide bonds. The summed E-state index contributed by atoms with van der Waals surface area (Å²) in [5, 5.41) is 29.4. The molecule has 0 unspecified atom stereocenters. The number of hydrogen-bond donors (Lipinski definition) is 3. The summed E-state index contributed by atoms with van der Waals surface area (Å²) in [6, 6.07) is 19.2. The highest BCUT2D eigenvalue weighted by Gasteiger charge is 2.13. The van der Waals surface area contributed by atoms with E-state index in [0.717, 1.165) is 28.3 Å². The van der Waals surface area contributed by atoms with Crippen LogP contribution in [0.3, 0.4) is 0 Å². The Labute approximate surface area is 209 Å². The van der Waals surface area contributed by atoms with E-state index in [1.54, 1.807) is 17.1 Å². The summed E-state index contributed by atoms with van der Waals surface area (Å²) in [4.78, 5) is 23.1. The molecule has 0 fully saturated rings. The maximum absolute atomic E-state index is 12.0. The molecule has 10 nitrogen and oxygen atoms in total. The molecule has 4 aromatic rings. The molecule has 0 aliphatic heterocycles. The van der Waals surface area contributed by atoms with E-state index in [-0.39, 0.29) is 25.5 Å². The summed E-state index contributed by atoms with van der Waals surface area (Å²) in [6.45, 7) is 1.50. The van der Waals surface area contributed by atoms with Gasteiger partial charge in [0.15, 0.2) is 0 Å². The summed E-state index contributed by atoms with van der Waals surface area (Å²) >= 11 is 0. The van der Waals surface area contributed by atoms with Gasteiger partial charge < -0.3 is 15.5 Å². The Morgan fingerprint density at radius 3 is 2.14 bits per heavy atom. The van der Waals surface area contributed by atoms with Gasteiger partial charge in [-0.05, 0) is 42.0 Å². The molecule has 3 heterocycles. The fourth-order valence-electron chi connectivity index (χ4n) is 3.65. The number of aliphatic hydroxyl groups is 2. The Hall–Kier alpha value is -3.99. The van der Waals surface area contributed by atoms with Crippen molar-refractivity contribution in [1.29, 1.82) is 0 Å². The molecule has 0 saturated carbocycles. The maximum Gasteiger partial charge on any atom is 0.224 e. The molecule has 10 heteroatoms. The highest BCUT2D eigenvalue weighted by Crippen LogP contribution is 2.14. The molecule has 186 valence electrons. The van der Waals surface area contributed by atoms with E-state index >= 15 is 0 Å². The number of pyridine rings is 2. The maximum atomic E-state index is 12.0. The average Bonchev–Trinajstić information content (AvgIpc) is 3.37. The van der Waals surface area contributed by atoms with Gasteiger partial charge in [-0.2, -0.15) is 0 Å². The first-order valence-corrected chi connectivity index (χ1v) is 11.7. The normalized spacial score (nSPS) is 12.0. The topological polar surface area (TPSA) is 129 Å². The number of hydrogen-bond acceptors (Lipinski definition) is 8. The van der Waals surface area contributed by atoms with Gasteiger partial charge in [-0.1, -0.05) is 29.5 Å². The first-order valence-electron chi connectivity index (χ1n) is 11.7. The van der Waals surface area contributed by atoms with Crippen LogP contribution >= 0.6 is 0 Å². The molecule has 0 aliphatic rings. The number of amides is 1. The molecule has 3 N–H and O–H groups in total. The van der Waals surface area contributed by atoms with Crippen molar-refractivity contribution in [3.8, 4) is 5.69 Å². The van der Waals surface area contributed by atoms with E-state index in [1.807, 2.05) is 66.9 Å². The fraction of sp³-hybridized carbons (Fsp3) is 0.269. The predicted molar refractivity (Wildman–Crippen MR) is 133 cm³/mol. The second-order valence-corrected chi connectivity index (χ2v) is 8.43. The van der Waals surface area contributed by atoms with Crippen molar-refractivity contribution in [1.82, 2.24) is 35.2 Å². The van der Waals surface area contributed by atoms with Gasteiger partial charge in [0.1, 0.15) is 0 Å². The van der Waals surface area contributed by atoms with Crippen LogP contribution in [0.4, 0.5) is 0 Å². The Balaban J connectivity index is 1.39. The van der Waals surface area contributed by atoms with Gasteiger partial charge in [-0.3, -0.25) is 19.7 Å². The van der Waals surface area contributed by atoms with Crippen LogP contribution in [0.2, 0.25) is 0 Å². The van der Waals surface area contributed by atoms with Crippen molar-refractivity contribution >= 4 is 5.91 Å². The van der Waals surface area contributed by atoms with Crippen molar-refractivity contribution in [2.24, 2.45) is 0 Å². The highest BCUT2D eigenvalue weighted by molar-refractivity contribution is 5.78. The molecule has 0 spiro atoms. The van der Waals surface area contributed by atoms with Crippen LogP contribution in [0.1, 0.15) is 22.6 Å². The summed E-state index contributed by atoms with van der Waals surface area (Å²) in [5.41, 5.74) is 4.40. The van der Waals surface area contributed by atoms with E-state index in [4.69, 9.17) is 5.11 Å². The van der Waals surface area contributed by atoms with Gasteiger partial charge in [-0.25, -0.2) is 4.68 Å². The SMILES string of the molecule is O=C(Cc1ccc(-n2cc(CN(Cc3ccccn3)Cc3ccccn3)nn2)cc1)NC[C@H](O)CO. The highest BCUT2D eigenvalue weighted by atomic mass is 16.3. The number of carbonyl (C=O) groups is 1. The van der Waals surface area contributed by atoms with Crippen molar-refractivity contribution < 1.29 is 15.0 Å². The number of nitrogens with one attached hydrogen (secondary N) is 1. The zero-order valence-corrected chi connectivity index (χ0v) is 19.8. The van der Waals surface area contributed by atoms with E-state index in [1.165, 1.54) is 0 Å². The van der Waals surface area contributed by atoms with Gasteiger partial charge in [0.25, 0.3) is 0 Å². The summed E-state index contributed by atoms with van der Waals surface area (Å²) in [5.74, 6) is -0.223. The number of carbonyl (C=O) groups excluding carboxylic acids is 1. The second-order valence-electron chi connectivity index (χ2n) is 8.43. The Morgan fingerprint density at radius 1 is 0.917 bits per heavy atom. The monoisotopic (exact) mass is 487 g/mol. The first kappa shape index (κ1) is 25.1. The van der Waals surface area contributed by atoms with Crippen LogP contribution in [0, 0.1) is 0 Å². The number of benzene rings is 1. The Kier molecular flexibility index (Phi) is 8.82. The van der Waals surface area contributed by atoms with Gasteiger partial charge in [0.05, 0.1) is 48.1 Å². The number of aliphatic hydroxyl groups excluding tert-OH is 2. The van der Waals surface area contributed by atoms with Crippen LogP contribution in [-0.4, -0.2) is 65.2 Å². The van der Waals surface area contributed by atoms with Crippen molar-refractivity contribution in [2.45, 2.75) is 32.2 Å². The molecule has 4 rings (SSSR count). The van der Waals surface area contributed by atoms with Crippen LogP contribution in [0.5, 0.6) is 0 Å². The third-order valence-electron chi connectivity index (χ3n) is 5.46. The summed E-state index contributed by atoms with van der Waals surface area (Å²) in [6.07, 6.45) is 4.69. The molecule has 1 atom stereocenters. The zero-order chi connectivity index (χ0) is 25.2. The van der Waals surface area contributed by atoms with E-state index in [9.17, 15) is 9.90 Å². The molecule has 0 radical (unpaired) electrons. The lowest BCUT2D eigenvalue weighted by Gasteiger charge is -2.20. The molecule has 0 saturated heterocycles. The smallest absolute Gasteiger partial charge is 0.224 e. The van der Waals surface area contributed by atoms with Crippen molar-refractivity contribution in [3.05, 3.63) is 102 Å². The fourth-order valence-corrected chi connectivity index (χ4v) is 3.65. The first-order chi connectivity index (χ1) is 17.6. The predicted octanol–water partition coefficient (Wildman–Crippen LogP) is 1.27. The van der Waals surface area contributed by atoms with Crippen molar-refractivity contribution in [2.75, 3.05) is 13.2 Å². The van der Waals surface area contributed by atoms with Crippen LogP contribution in [0.15, 0.2) is 79.3 Å². The lowest BCUT2D eigenvalue weighted by molar-refractivity contribution is -0.121. The molecular weight excluding hydrogens is 458 g/mol. The minimum atomic E-state index is -0.957. The zero-order valence-electron chi connectivity index (χ0n) is 19.8. The Morgan fingerprint density at radius 2 is 1.56 bits per heavy atom. The number of aromatic nitrogens is 5. The van der Waals surface area contributed by atoms with Crippen LogP contribution < -0.4 is 5.32 Å². The second kappa shape index (κ2) is 12.6. The van der Waals surface area contributed by atoms with Crippen LogP contribution in [-0.2, 0) is 30.8 Å². The lowest BCUT2D eigenvalue weighted by atomic mass is 10.1. The lowest BCUT2D eigenvalue weighted by Crippen LogP contribution is -2.34. The number of nitrogens with zero attached hydrogens (tertiary/aromatic N) is 6. The van der Waals surface area contributed by atoms with Crippen molar-refractivity contribution in [3.63, 3.8) is 0 Å². The largest absolute Gasteiger partial charge is 0.394 e. The molecule has 36 heavy (non-hydrogen) atoms. The molecule has 0 aliphatic carbocycles. The third-order valence-corrected chi connectivity index (χ3v) is 5.46. The quantitative estimate of drug-likeness (QED) is 0.273. The minimum Gasteiger partial charge on any atom is -0.394 e. The standard InChI is InChI=1S/C26H29N7O3/c34-19-25(35)14-29-26(36)13-20-7-9-24(10-8-20)33-18-23(30-31-33)17-32(15-21-5-1-3-11-27-21)16-22-6-2-4-12-28-22/h1-12,18,25,34-35H,13-17,19H2,(H,29,36)/t25-/m0/s1. The summed E-state index contributed by atoms with van der Waals surface area (Å²) in [7, 11) is 0. The third kappa shape index (κ3) is 7.51. The minimum absolute atomic E-state index is 0.0207.